The first kappa shape index (κ1) is 20.6. The number of rotatable bonds is 3. The van der Waals surface area contributed by atoms with Gasteiger partial charge in [-0.25, -0.2) is 9.79 Å². The van der Waals surface area contributed by atoms with E-state index in [0.717, 1.165) is 5.56 Å². The van der Waals surface area contributed by atoms with Crippen molar-refractivity contribution in [2.24, 2.45) is 4.99 Å². The maximum atomic E-state index is 13.4. The Balaban J connectivity index is 1.98. The summed E-state index contributed by atoms with van der Waals surface area (Å²) < 4.78 is 6.98. The van der Waals surface area contributed by atoms with Crippen LogP contribution in [0.1, 0.15) is 24.1 Å². The average molecular weight is 459 g/mol. The number of aromatic nitrogens is 1. The summed E-state index contributed by atoms with van der Waals surface area (Å²) in [6.45, 7) is 1.75. The van der Waals surface area contributed by atoms with Gasteiger partial charge < -0.3 is 4.74 Å². The largest absolute Gasteiger partial charge is 0.466 e. The highest BCUT2D eigenvalue weighted by Crippen LogP contribution is 2.30. The van der Waals surface area contributed by atoms with Crippen LogP contribution in [0.25, 0.3) is 6.08 Å². The molecule has 1 aliphatic heterocycles. The number of carbonyl (C=O) groups excluding carboxylic acids is 1. The van der Waals surface area contributed by atoms with Crippen LogP contribution >= 0.6 is 34.5 Å². The number of fused-ring (bicyclic) bond motifs is 1. The van der Waals surface area contributed by atoms with Gasteiger partial charge in [0.2, 0.25) is 0 Å². The van der Waals surface area contributed by atoms with Crippen LogP contribution in [0.2, 0.25) is 10.0 Å². The van der Waals surface area contributed by atoms with Gasteiger partial charge in [-0.1, -0.05) is 70.9 Å². The zero-order valence-electron chi connectivity index (χ0n) is 16.1. The molecule has 0 fully saturated rings. The third-order valence-electron chi connectivity index (χ3n) is 4.79. The molecule has 1 atom stereocenters. The molecule has 0 bridgehead atoms. The minimum Gasteiger partial charge on any atom is -0.466 e. The molecule has 1 aliphatic rings. The molecule has 0 spiro atoms. The molecule has 0 N–H and O–H groups in total. The number of methoxy groups -OCH3 is 1. The van der Waals surface area contributed by atoms with E-state index >= 15 is 0 Å². The third kappa shape index (κ3) is 3.62. The van der Waals surface area contributed by atoms with E-state index in [1.54, 1.807) is 31.2 Å². The summed E-state index contributed by atoms with van der Waals surface area (Å²) in [5.74, 6) is -0.514. The second-order valence-corrected chi connectivity index (χ2v) is 8.50. The van der Waals surface area contributed by atoms with Gasteiger partial charge in [0.25, 0.3) is 5.56 Å². The summed E-state index contributed by atoms with van der Waals surface area (Å²) in [4.78, 5) is 31.0. The van der Waals surface area contributed by atoms with Gasteiger partial charge in [0.05, 0.1) is 29.0 Å². The van der Waals surface area contributed by atoms with Crippen LogP contribution in [0, 0.1) is 0 Å². The van der Waals surface area contributed by atoms with Crippen molar-refractivity contribution in [2.45, 2.75) is 13.0 Å². The Kier molecular flexibility index (Phi) is 5.64. The summed E-state index contributed by atoms with van der Waals surface area (Å²) in [5, 5.41) is 0.959. The lowest BCUT2D eigenvalue weighted by Gasteiger charge is -2.24. The Labute approximate surface area is 186 Å². The Morgan fingerprint density at radius 2 is 1.93 bits per heavy atom. The molecule has 0 amide bonds. The summed E-state index contributed by atoms with van der Waals surface area (Å²) in [6, 6.07) is 13.8. The van der Waals surface area contributed by atoms with E-state index in [-0.39, 0.29) is 5.56 Å². The highest BCUT2D eigenvalue weighted by atomic mass is 35.5. The Bertz CT molecular complexity index is 1360. The summed E-state index contributed by atoms with van der Waals surface area (Å²) in [7, 11) is 1.32. The van der Waals surface area contributed by atoms with Crippen LogP contribution in [-0.4, -0.2) is 17.6 Å². The van der Waals surface area contributed by atoms with E-state index in [4.69, 9.17) is 27.9 Å². The molecular formula is C22H16Cl2N2O3S. The molecule has 0 radical (unpaired) electrons. The SMILES string of the molecule is COC(=O)C1=C(C)N=c2s/c(=C/c3ccc(Cl)cc3Cl)c(=O)n2[C@H]1c1ccccc1. The van der Waals surface area contributed by atoms with E-state index in [9.17, 15) is 9.59 Å². The van der Waals surface area contributed by atoms with Crippen molar-refractivity contribution in [3.8, 4) is 0 Å². The number of allylic oxidation sites excluding steroid dienone is 1. The molecule has 4 rings (SSSR count). The van der Waals surface area contributed by atoms with Crippen LogP contribution < -0.4 is 14.9 Å². The third-order valence-corrected chi connectivity index (χ3v) is 6.34. The quantitative estimate of drug-likeness (QED) is 0.561. The molecule has 3 aromatic rings. The molecule has 2 aromatic carbocycles. The van der Waals surface area contributed by atoms with Crippen molar-refractivity contribution >= 4 is 46.6 Å². The van der Waals surface area contributed by atoms with E-state index in [1.807, 2.05) is 30.3 Å². The minimum atomic E-state index is -0.627. The number of benzene rings is 2. The van der Waals surface area contributed by atoms with Crippen molar-refractivity contribution in [2.75, 3.05) is 7.11 Å². The topological polar surface area (TPSA) is 60.7 Å². The van der Waals surface area contributed by atoms with Crippen LogP contribution in [0.4, 0.5) is 0 Å². The first-order valence-electron chi connectivity index (χ1n) is 9.01. The van der Waals surface area contributed by atoms with Gasteiger partial charge in [-0.05, 0) is 36.3 Å². The highest BCUT2D eigenvalue weighted by molar-refractivity contribution is 7.07. The fourth-order valence-electron chi connectivity index (χ4n) is 3.40. The first-order chi connectivity index (χ1) is 14.4. The number of halogens is 2. The van der Waals surface area contributed by atoms with Gasteiger partial charge in [-0.3, -0.25) is 9.36 Å². The summed E-state index contributed by atoms with van der Waals surface area (Å²) >= 11 is 13.5. The lowest BCUT2D eigenvalue weighted by molar-refractivity contribution is -0.136. The molecule has 8 heteroatoms. The van der Waals surface area contributed by atoms with E-state index in [1.165, 1.54) is 23.0 Å². The standard InChI is InChI=1S/C22H16Cl2N2O3S/c1-12-18(21(28)29-2)19(13-6-4-3-5-7-13)26-20(27)17(30-22(26)25-12)10-14-8-9-15(23)11-16(14)24/h3-11,19H,1-2H3/b17-10+/t19-/m0/s1. The monoisotopic (exact) mass is 458 g/mol. The van der Waals surface area contributed by atoms with Gasteiger partial charge in [0.15, 0.2) is 4.80 Å². The smallest absolute Gasteiger partial charge is 0.338 e. The average Bonchev–Trinajstić information content (AvgIpc) is 3.04. The number of hydrogen-bond acceptors (Lipinski definition) is 5. The molecule has 5 nitrogen and oxygen atoms in total. The fourth-order valence-corrected chi connectivity index (χ4v) is 4.90. The van der Waals surface area contributed by atoms with Crippen molar-refractivity contribution in [3.63, 3.8) is 0 Å². The summed E-state index contributed by atoms with van der Waals surface area (Å²) in [6.07, 6.45) is 1.71. The van der Waals surface area contributed by atoms with E-state index in [0.29, 0.717) is 36.2 Å². The molecule has 0 saturated heterocycles. The molecule has 152 valence electrons. The van der Waals surface area contributed by atoms with Crippen LogP contribution in [0.5, 0.6) is 0 Å². The van der Waals surface area contributed by atoms with Crippen molar-refractivity contribution in [1.82, 2.24) is 4.57 Å². The normalized spacial score (nSPS) is 16.3. The number of ether oxygens (including phenoxy) is 1. The number of hydrogen-bond donors (Lipinski definition) is 0. The predicted molar refractivity (Wildman–Crippen MR) is 119 cm³/mol. The number of carbonyl (C=O) groups is 1. The molecule has 0 aliphatic carbocycles. The van der Waals surface area contributed by atoms with E-state index < -0.39 is 12.0 Å². The lowest BCUT2D eigenvalue weighted by atomic mass is 9.96. The Morgan fingerprint density at radius 1 is 1.20 bits per heavy atom. The second-order valence-electron chi connectivity index (χ2n) is 6.65. The minimum absolute atomic E-state index is 0.257. The number of thiazole rings is 1. The van der Waals surface area contributed by atoms with Crippen LogP contribution in [0.3, 0.4) is 0 Å². The highest BCUT2D eigenvalue weighted by Gasteiger charge is 2.32. The van der Waals surface area contributed by atoms with Gasteiger partial charge in [-0.2, -0.15) is 0 Å². The second kappa shape index (κ2) is 8.22. The Hall–Kier alpha value is -2.67. The van der Waals surface area contributed by atoms with Gasteiger partial charge >= 0.3 is 5.97 Å². The fraction of sp³-hybridized carbons (Fsp3) is 0.136. The van der Waals surface area contributed by atoms with Gasteiger partial charge in [0, 0.05) is 10.0 Å². The van der Waals surface area contributed by atoms with Gasteiger partial charge in [-0.15, -0.1) is 0 Å². The molecule has 30 heavy (non-hydrogen) atoms. The molecular weight excluding hydrogens is 443 g/mol. The zero-order valence-corrected chi connectivity index (χ0v) is 18.4. The maximum Gasteiger partial charge on any atom is 0.338 e. The van der Waals surface area contributed by atoms with Crippen molar-refractivity contribution in [1.29, 1.82) is 0 Å². The Morgan fingerprint density at radius 3 is 2.60 bits per heavy atom. The van der Waals surface area contributed by atoms with Crippen molar-refractivity contribution in [3.05, 3.63) is 101 Å². The zero-order chi connectivity index (χ0) is 21.4. The molecule has 1 aromatic heterocycles. The first-order valence-corrected chi connectivity index (χ1v) is 10.6. The van der Waals surface area contributed by atoms with Crippen LogP contribution in [0.15, 0.2) is 69.6 Å². The van der Waals surface area contributed by atoms with Crippen LogP contribution in [-0.2, 0) is 9.53 Å². The van der Waals surface area contributed by atoms with Crippen molar-refractivity contribution < 1.29 is 9.53 Å². The molecule has 2 heterocycles. The predicted octanol–water partition coefficient (Wildman–Crippen LogP) is 3.72. The lowest BCUT2D eigenvalue weighted by Crippen LogP contribution is -2.39. The number of esters is 1. The van der Waals surface area contributed by atoms with E-state index in [2.05, 4.69) is 4.99 Å². The molecule has 0 unspecified atom stereocenters. The summed E-state index contributed by atoms with van der Waals surface area (Å²) in [5.41, 5.74) is 2.07. The maximum absolute atomic E-state index is 13.4. The van der Waals surface area contributed by atoms with Gasteiger partial charge in [0.1, 0.15) is 0 Å². The molecule has 0 saturated carbocycles. The number of nitrogens with zero attached hydrogens (tertiary/aromatic N) is 2.